The van der Waals surface area contributed by atoms with Crippen LogP contribution in [0.1, 0.15) is 39.0 Å². The van der Waals surface area contributed by atoms with E-state index in [0.717, 1.165) is 0 Å². The third-order valence-corrected chi connectivity index (χ3v) is 4.70. The molecule has 0 fully saturated rings. The third kappa shape index (κ3) is 4.56. The smallest absolute Gasteiger partial charge is 0.355 e. The second-order valence-electron chi connectivity index (χ2n) is 6.70. The molecule has 2 aromatic rings. The number of carbonyl (C=O) groups excluding carboxylic acids is 3. The lowest BCUT2D eigenvalue weighted by atomic mass is 10.1. The number of aromatic nitrogens is 1. The second-order valence-corrected chi connectivity index (χ2v) is 6.70. The molecule has 0 aliphatic carbocycles. The molecule has 0 spiro atoms. The fraction of sp³-hybridized carbons (Fsp3) is 0.381. The maximum atomic E-state index is 12.4. The van der Waals surface area contributed by atoms with E-state index < -0.39 is 24.5 Å². The van der Waals surface area contributed by atoms with E-state index in [1.165, 1.54) is 7.11 Å². The Balaban J connectivity index is 1.51. The average Bonchev–Trinajstić information content (AvgIpc) is 3.11. The van der Waals surface area contributed by atoms with Crippen LogP contribution in [0.2, 0.25) is 0 Å². The summed E-state index contributed by atoms with van der Waals surface area (Å²) in [7, 11) is 1.27. The van der Waals surface area contributed by atoms with Crippen LogP contribution in [0.15, 0.2) is 24.3 Å². The number of amides is 1. The Morgan fingerprint density at radius 3 is 2.63 bits per heavy atom. The standard InChI is InChI=1S/C21H24N2O7/c1-4-14-18(20(25)27-3)12(2)19(23-14)21(26)29-11-17(24)22-9-13-10-28-15-7-5-6-8-16(15)30-13/h5-8,13,23H,4,9-11H2,1-3H3,(H,22,24)/t13-/m1/s1. The van der Waals surface area contributed by atoms with Crippen molar-refractivity contribution in [1.29, 1.82) is 0 Å². The first kappa shape index (κ1) is 21.2. The Kier molecular flexibility index (Phi) is 6.61. The molecule has 1 atom stereocenters. The maximum Gasteiger partial charge on any atom is 0.355 e. The van der Waals surface area contributed by atoms with Gasteiger partial charge in [0.2, 0.25) is 0 Å². The summed E-state index contributed by atoms with van der Waals surface area (Å²) in [5.41, 5.74) is 1.44. The number of hydrogen-bond acceptors (Lipinski definition) is 7. The van der Waals surface area contributed by atoms with Crippen molar-refractivity contribution in [2.24, 2.45) is 0 Å². The molecule has 0 saturated heterocycles. The lowest BCUT2D eigenvalue weighted by Gasteiger charge is -2.26. The van der Waals surface area contributed by atoms with E-state index >= 15 is 0 Å². The molecule has 0 unspecified atom stereocenters. The number of carbonyl (C=O) groups is 3. The number of ether oxygens (including phenoxy) is 4. The first-order valence-electron chi connectivity index (χ1n) is 9.56. The van der Waals surface area contributed by atoms with E-state index in [1.807, 2.05) is 25.1 Å². The minimum Gasteiger partial charge on any atom is -0.486 e. The van der Waals surface area contributed by atoms with E-state index in [9.17, 15) is 14.4 Å². The van der Waals surface area contributed by atoms with Crippen molar-refractivity contribution in [3.05, 3.63) is 46.8 Å². The molecule has 9 heteroatoms. The van der Waals surface area contributed by atoms with Gasteiger partial charge in [-0.05, 0) is 31.0 Å². The normalized spacial score (nSPS) is 14.7. The van der Waals surface area contributed by atoms with Crippen molar-refractivity contribution in [1.82, 2.24) is 10.3 Å². The highest BCUT2D eigenvalue weighted by Crippen LogP contribution is 2.30. The number of benzene rings is 1. The molecule has 1 aromatic carbocycles. The second kappa shape index (κ2) is 9.34. The summed E-state index contributed by atoms with van der Waals surface area (Å²) in [4.78, 5) is 39.3. The van der Waals surface area contributed by atoms with Crippen molar-refractivity contribution in [2.75, 3.05) is 26.9 Å². The van der Waals surface area contributed by atoms with Gasteiger partial charge in [-0.15, -0.1) is 0 Å². The summed E-state index contributed by atoms with van der Waals surface area (Å²) >= 11 is 0. The molecule has 30 heavy (non-hydrogen) atoms. The van der Waals surface area contributed by atoms with Crippen LogP contribution in [-0.2, 0) is 20.7 Å². The van der Waals surface area contributed by atoms with E-state index in [1.54, 1.807) is 13.0 Å². The van der Waals surface area contributed by atoms with Gasteiger partial charge in [-0.2, -0.15) is 0 Å². The Bertz CT molecular complexity index is 951. The van der Waals surface area contributed by atoms with Crippen molar-refractivity contribution in [3.63, 3.8) is 0 Å². The van der Waals surface area contributed by atoms with Crippen LogP contribution in [0.3, 0.4) is 0 Å². The topological polar surface area (TPSA) is 116 Å². The molecule has 0 bridgehead atoms. The van der Waals surface area contributed by atoms with Gasteiger partial charge in [0.25, 0.3) is 5.91 Å². The number of esters is 2. The minimum atomic E-state index is -0.723. The fourth-order valence-corrected chi connectivity index (χ4v) is 3.15. The zero-order valence-corrected chi connectivity index (χ0v) is 17.1. The van der Waals surface area contributed by atoms with Gasteiger partial charge < -0.3 is 29.2 Å². The van der Waals surface area contributed by atoms with Crippen molar-refractivity contribution >= 4 is 17.8 Å². The molecule has 1 aliphatic rings. The highest BCUT2D eigenvalue weighted by molar-refractivity contribution is 5.99. The van der Waals surface area contributed by atoms with Gasteiger partial charge >= 0.3 is 11.9 Å². The Hall–Kier alpha value is -3.49. The Labute approximate surface area is 173 Å². The zero-order chi connectivity index (χ0) is 21.7. The van der Waals surface area contributed by atoms with Crippen LogP contribution < -0.4 is 14.8 Å². The molecule has 9 nitrogen and oxygen atoms in total. The summed E-state index contributed by atoms with van der Waals surface area (Å²) < 4.78 is 21.2. The average molecular weight is 416 g/mol. The number of H-pyrrole nitrogens is 1. The molecular weight excluding hydrogens is 392 g/mol. The molecule has 160 valence electrons. The van der Waals surface area contributed by atoms with E-state index in [4.69, 9.17) is 18.9 Å². The molecule has 1 aromatic heterocycles. The highest BCUT2D eigenvalue weighted by Gasteiger charge is 2.25. The largest absolute Gasteiger partial charge is 0.486 e. The number of aryl methyl sites for hydroxylation is 1. The number of hydrogen-bond donors (Lipinski definition) is 2. The van der Waals surface area contributed by atoms with Gasteiger partial charge in [0.15, 0.2) is 18.1 Å². The Morgan fingerprint density at radius 1 is 1.20 bits per heavy atom. The molecule has 0 saturated carbocycles. The highest BCUT2D eigenvalue weighted by atomic mass is 16.6. The number of rotatable bonds is 7. The first-order valence-corrected chi connectivity index (χ1v) is 9.56. The zero-order valence-electron chi connectivity index (χ0n) is 17.1. The van der Waals surface area contributed by atoms with Crippen molar-refractivity contribution in [2.45, 2.75) is 26.4 Å². The van der Waals surface area contributed by atoms with Crippen LogP contribution in [0.4, 0.5) is 0 Å². The van der Waals surface area contributed by atoms with Gasteiger partial charge in [-0.1, -0.05) is 19.1 Å². The Morgan fingerprint density at radius 2 is 1.93 bits per heavy atom. The van der Waals surface area contributed by atoms with Crippen LogP contribution >= 0.6 is 0 Å². The molecular formula is C21H24N2O7. The van der Waals surface area contributed by atoms with Gasteiger partial charge in [0, 0.05) is 5.69 Å². The monoisotopic (exact) mass is 416 g/mol. The quantitative estimate of drug-likeness (QED) is 0.661. The molecule has 1 amide bonds. The predicted molar refractivity (Wildman–Crippen MR) is 106 cm³/mol. The summed E-state index contributed by atoms with van der Waals surface area (Å²) in [6, 6.07) is 7.28. The maximum absolute atomic E-state index is 12.4. The summed E-state index contributed by atoms with van der Waals surface area (Å²) in [6.07, 6.45) is 0.158. The van der Waals surface area contributed by atoms with Crippen LogP contribution in [-0.4, -0.2) is 55.8 Å². The number of para-hydroxylation sites is 2. The summed E-state index contributed by atoms with van der Waals surface area (Å²) in [5, 5.41) is 2.65. The fourth-order valence-electron chi connectivity index (χ4n) is 3.15. The van der Waals surface area contributed by atoms with Gasteiger partial charge in [0.1, 0.15) is 18.4 Å². The van der Waals surface area contributed by atoms with Crippen LogP contribution in [0.25, 0.3) is 0 Å². The van der Waals surface area contributed by atoms with E-state index in [-0.39, 0.29) is 18.3 Å². The molecule has 2 heterocycles. The van der Waals surface area contributed by atoms with Crippen molar-refractivity contribution in [3.8, 4) is 11.5 Å². The number of methoxy groups -OCH3 is 1. The lowest BCUT2D eigenvalue weighted by molar-refractivity contribution is -0.124. The van der Waals surface area contributed by atoms with Crippen LogP contribution in [0.5, 0.6) is 11.5 Å². The lowest BCUT2D eigenvalue weighted by Crippen LogP contribution is -2.42. The summed E-state index contributed by atoms with van der Waals surface area (Å²) in [5.74, 6) is -0.454. The van der Waals surface area contributed by atoms with Gasteiger partial charge in [-0.3, -0.25) is 4.79 Å². The SMILES string of the molecule is CCc1[nH]c(C(=O)OCC(=O)NC[C@@H]2COc3ccccc3O2)c(C)c1C(=O)OC. The third-order valence-electron chi connectivity index (χ3n) is 4.70. The number of aromatic amines is 1. The summed E-state index contributed by atoms with van der Waals surface area (Å²) in [6.45, 7) is 3.51. The molecule has 2 N–H and O–H groups in total. The molecule has 3 rings (SSSR count). The number of fused-ring (bicyclic) bond motifs is 1. The number of nitrogens with one attached hydrogen (secondary N) is 2. The molecule has 0 radical (unpaired) electrons. The van der Waals surface area contributed by atoms with Crippen molar-refractivity contribution < 1.29 is 33.3 Å². The van der Waals surface area contributed by atoms with E-state index in [2.05, 4.69) is 10.3 Å². The minimum absolute atomic E-state index is 0.126. The first-order chi connectivity index (χ1) is 14.4. The molecule has 1 aliphatic heterocycles. The van der Waals surface area contributed by atoms with Gasteiger partial charge in [0.05, 0.1) is 19.2 Å². The van der Waals surface area contributed by atoms with Gasteiger partial charge in [-0.25, -0.2) is 9.59 Å². The predicted octanol–water partition coefficient (Wildman–Crippen LogP) is 1.79. The van der Waals surface area contributed by atoms with Crippen LogP contribution in [0, 0.1) is 6.92 Å². The van der Waals surface area contributed by atoms with E-state index in [0.29, 0.717) is 41.3 Å².